The number of benzene rings is 1. The monoisotopic (exact) mass is 269 g/mol. The lowest BCUT2D eigenvalue weighted by Gasteiger charge is -2.07. The smallest absolute Gasteiger partial charge is 0.341 e. The van der Waals surface area contributed by atoms with Crippen LogP contribution in [0.3, 0.4) is 0 Å². The van der Waals surface area contributed by atoms with Crippen molar-refractivity contribution in [2.75, 3.05) is 38.8 Å². The third-order valence-corrected chi connectivity index (χ3v) is 2.28. The van der Waals surface area contributed by atoms with Gasteiger partial charge in [0.05, 0.1) is 19.8 Å². The van der Waals surface area contributed by atoms with Gasteiger partial charge in [0.25, 0.3) is 0 Å². The average molecular weight is 269 g/mol. The molecule has 0 spiro atoms. The van der Waals surface area contributed by atoms with Crippen molar-refractivity contribution in [1.82, 2.24) is 0 Å². The van der Waals surface area contributed by atoms with Crippen LogP contribution in [0.2, 0.25) is 0 Å². The molecule has 0 aliphatic heterocycles. The number of phenolic OH excluding ortho intramolecular Hbond substituents is 1. The summed E-state index contributed by atoms with van der Waals surface area (Å²) in [6.07, 6.45) is 0. The lowest BCUT2D eigenvalue weighted by atomic mass is 10.2. The van der Waals surface area contributed by atoms with Crippen molar-refractivity contribution < 1.29 is 24.1 Å². The van der Waals surface area contributed by atoms with Crippen molar-refractivity contribution in [2.45, 2.75) is 6.92 Å². The maximum Gasteiger partial charge on any atom is 0.341 e. The molecule has 0 radical (unpaired) electrons. The quantitative estimate of drug-likeness (QED) is 0.418. The van der Waals surface area contributed by atoms with Crippen molar-refractivity contribution in [3.05, 3.63) is 23.8 Å². The molecule has 0 saturated heterocycles. The first kappa shape index (κ1) is 15.3. The van der Waals surface area contributed by atoms with Gasteiger partial charge >= 0.3 is 5.97 Å². The first-order chi connectivity index (χ1) is 9.15. The van der Waals surface area contributed by atoms with E-state index in [4.69, 9.17) is 19.9 Å². The number of esters is 1. The third kappa shape index (κ3) is 5.58. The minimum atomic E-state index is -0.606. The molecule has 0 saturated carbocycles. The van der Waals surface area contributed by atoms with E-state index in [2.05, 4.69) is 0 Å². The SMILES string of the molecule is CCOCCOCCOC(=O)c1ccc(N)cc1O. The van der Waals surface area contributed by atoms with E-state index in [0.29, 0.717) is 25.5 Å². The molecule has 0 aliphatic rings. The van der Waals surface area contributed by atoms with Crippen LogP contribution in [-0.4, -0.2) is 44.1 Å². The number of aromatic hydroxyl groups is 1. The van der Waals surface area contributed by atoms with Crippen LogP contribution in [0.4, 0.5) is 5.69 Å². The van der Waals surface area contributed by atoms with Gasteiger partial charge in [0.2, 0.25) is 0 Å². The summed E-state index contributed by atoms with van der Waals surface area (Å²) < 4.78 is 15.2. The Morgan fingerprint density at radius 1 is 1.21 bits per heavy atom. The molecule has 3 N–H and O–H groups in total. The molecule has 0 atom stereocenters. The number of rotatable bonds is 8. The van der Waals surface area contributed by atoms with Gasteiger partial charge in [-0.05, 0) is 19.1 Å². The van der Waals surface area contributed by atoms with Gasteiger partial charge in [-0.2, -0.15) is 0 Å². The number of carbonyl (C=O) groups excluding carboxylic acids is 1. The maximum absolute atomic E-state index is 11.6. The highest BCUT2D eigenvalue weighted by atomic mass is 16.6. The fourth-order valence-corrected chi connectivity index (χ4v) is 1.36. The predicted molar refractivity (Wildman–Crippen MR) is 70.1 cm³/mol. The van der Waals surface area contributed by atoms with Crippen LogP contribution in [0, 0.1) is 0 Å². The maximum atomic E-state index is 11.6. The van der Waals surface area contributed by atoms with Crippen molar-refractivity contribution in [3.8, 4) is 5.75 Å². The minimum absolute atomic E-state index is 0.0866. The Bertz CT molecular complexity index is 408. The first-order valence-corrected chi connectivity index (χ1v) is 6.06. The number of nitrogens with two attached hydrogens (primary N) is 1. The molecule has 0 unspecified atom stereocenters. The molecular weight excluding hydrogens is 250 g/mol. The molecule has 0 amide bonds. The highest BCUT2D eigenvalue weighted by molar-refractivity contribution is 5.92. The Morgan fingerprint density at radius 2 is 1.89 bits per heavy atom. The molecule has 1 aromatic rings. The van der Waals surface area contributed by atoms with E-state index in [1.807, 2.05) is 6.92 Å². The summed E-state index contributed by atoms with van der Waals surface area (Å²) in [5.74, 6) is -0.798. The van der Waals surface area contributed by atoms with Crippen LogP contribution in [0.5, 0.6) is 5.75 Å². The Morgan fingerprint density at radius 3 is 2.58 bits per heavy atom. The number of phenols is 1. The van der Waals surface area contributed by atoms with Crippen molar-refractivity contribution in [1.29, 1.82) is 0 Å². The standard InChI is InChI=1S/C13H19NO5/c1-2-17-5-6-18-7-8-19-13(16)11-4-3-10(14)9-12(11)15/h3-4,9,15H,2,5-8,14H2,1H3. The summed E-state index contributed by atoms with van der Waals surface area (Å²) in [4.78, 5) is 11.6. The van der Waals surface area contributed by atoms with E-state index >= 15 is 0 Å². The fourth-order valence-electron chi connectivity index (χ4n) is 1.36. The lowest BCUT2D eigenvalue weighted by molar-refractivity contribution is 0.0162. The summed E-state index contributed by atoms with van der Waals surface area (Å²) in [5, 5.41) is 9.53. The van der Waals surface area contributed by atoms with Crippen LogP contribution in [0.25, 0.3) is 0 Å². The van der Waals surface area contributed by atoms with Gasteiger partial charge in [0.1, 0.15) is 17.9 Å². The normalized spacial score (nSPS) is 10.4. The number of hydrogen-bond donors (Lipinski definition) is 2. The van der Waals surface area contributed by atoms with Crippen LogP contribution in [-0.2, 0) is 14.2 Å². The molecule has 19 heavy (non-hydrogen) atoms. The molecule has 0 heterocycles. The summed E-state index contributed by atoms with van der Waals surface area (Å²) in [7, 11) is 0. The zero-order valence-corrected chi connectivity index (χ0v) is 10.9. The second-order valence-electron chi connectivity index (χ2n) is 3.72. The van der Waals surface area contributed by atoms with Crippen molar-refractivity contribution >= 4 is 11.7 Å². The topological polar surface area (TPSA) is 91.0 Å². The van der Waals surface area contributed by atoms with E-state index in [0.717, 1.165) is 0 Å². The summed E-state index contributed by atoms with van der Waals surface area (Å²) in [5.41, 5.74) is 5.93. The molecule has 0 bridgehead atoms. The number of carbonyl (C=O) groups is 1. The molecule has 106 valence electrons. The molecule has 0 aromatic heterocycles. The first-order valence-electron chi connectivity index (χ1n) is 6.06. The Kier molecular flexibility index (Phi) is 6.70. The van der Waals surface area contributed by atoms with E-state index in [1.165, 1.54) is 18.2 Å². The van der Waals surface area contributed by atoms with Gasteiger partial charge in [0, 0.05) is 18.4 Å². The average Bonchev–Trinajstić information content (AvgIpc) is 2.37. The van der Waals surface area contributed by atoms with Crippen LogP contribution in [0.1, 0.15) is 17.3 Å². The highest BCUT2D eigenvalue weighted by Gasteiger charge is 2.12. The minimum Gasteiger partial charge on any atom is -0.507 e. The largest absolute Gasteiger partial charge is 0.507 e. The molecule has 0 fully saturated rings. The van der Waals surface area contributed by atoms with E-state index in [9.17, 15) is 9.90 Å². The summed E-state index contributed by atoms with van der Waals surface area (Å²) in [6.45, 7) is 3.93. The molecule has 1 rings (SSSR count). The second-order valence-corrected chi connectivity index (χ2v) is 3.72. The summed E-state index contributed by atoms with van der Waals surface area (Å²) in [6, 6.07) is 4.24. The van der Waals surface area contributed by atoms with Gasteiger partial charge in [-0.3, -0.25) is 0 Å². The van der Waals surface area contributed by atoms with E-state index in [-0.39, 0.29) is 24.5 Å². The van der Waals surface area contributed by atoms with Crippen molar-refractivity contribution in [2.24, 2.45) is 0 Å². The number of nitrogen functional groups attached to an aromatic ring is 1. The van der Waals surface area contributed by atoms with Gasteiger partial charge in [0.15, 0.2) is 0 Å². The van der Waals surface area contributed by atoms with Gasteiger partial charge < -0.3 is 25.1 Å². The Hall–Kier alpha value is -1.79. The predicted octanol–water partition coefficient (Wildman–Crippen LogP) is 1.18. The summed E-state index contributed by atoms with van der Waals surface area (Å²) >= 11 is 0. The van der Waals surface area contributed by atoms with Gasteiger partial charge in [-0.15, -0.1) is 0 Å². The number of anilines is 1. The molecular formula is C13H19NO5. The molecule has 0 aliphatic carbocycles. The Balaban J connectivity index is 2.24. The number of hydrogen-bond acceptors (Lipinski definition) is 6. The lowest BCUT2D eigenvalue weighted by Crippen LogP contribution is -2.13. The fraction of sp³-hybridized carbons (Fsp3) is 0.462. The molecule has 6 heteroatoms. The Labute approximate surface area is 112 Å². The van der Waals surface area contributed by atoms with Crippen LogP contribution >= 0.6 is 0 Å². The van der Waals surface area contributed by atoms with E-state index < -0.39 is 5.97 Å². The molecule has 1 aromatic carbocycles. The molecule has 6 nitrogen and oxygen atoms in total. The zero-order valence-electron chi connectivity index (χ0n) is 10.9. The van der Waals surface area contributed by atoms with Gasteiger partial charge in [-0.25, -0.2) is 4.79 Å². The second kappa shape index (κ2) is 8.34. The van der Waals surface area contributed by atoms with Crippen molar-refractivity contribution in [3.63, 3.8) is 0 Å². The van der Waals surface area contributed by atoms with Crippen LogP contribution < -0.4 is 5.73 Å². The van der Waals surface area contributed by atoms with E-state index in [1.54, 1.807) is 0 Å². The number of ether oxygens (including phenoxy) is 3. The highest BCUT2D eigenvalue weighted by Crippen LogP contribution is 2.20. The van der Waals surface area contributed by atoms with Gasteiger partial charge in [-0.1, -0.05) is 0 Å². The van der Waals surface area contributed by atoms with Crippen LogP contribution in [0.15, 0.2) is 18.2 Å². The zero-order chi connectivity index (χ0) is 14.1. The third-order valence-electron chi connectivity index (χ3n) is 2.28.